The van der Waals surface area contributed by atoms with Gasteiger partial charge < -0.3 is 5.11 Å². The molecule has 0 aromatic heterocycles. The van der Waals surface area contributed by atoms with Gasteiger partial charge >= 0.3 is 0 Å². The minimum absolute atomic E-state index is 0.139. The summed E-state index contributed by atoms with van der Waals surface area (Å²) < 4.78 is 0. The Labute approximate surface area is 104 Å². The van der Waals surface area contributed by atoms with Gasteiger partial charge in [0.15, 0.2) is 5.78 Å². The molecule has 1 N–H and O–H groups in total. The lowest BCUT2D eigenvalue weighted by Gasteiger charge is -2.26. The molecule has 1 unspecified atom stereocenters. The molecule has 0 bridgehead atoms. The number of aliphatic hydroxyl groups is 1. The molecule has 0 amide bonds. The summed E-state index contributed by atoms with van der Waals surface area (Å²) in [7, 11) is 0. The van der Waals surface area contributed by atoms with E-state index in [2.05, 4.69) is 18.7 Å². The van der Waals surface area contributed by atoms with Crippen molar-refractivity contribution in [3.8, 4) is 0 Å². The number of carbonyl (C=O) groups is 1. The lowest BCUT2D eigenvalue weighted by molar-refractivity contribution is -0.113. The number of nitrogens with zero attached hydrogens (tertiary/aromatic N) is 1. The number of allylic oxidation sites excluding steroid dienone is 3. The molecule has 0 aromatic rings. The molecule has 0 aliphatic heterocycles. The standard InChI is InChI=1S/C14H23NO2/c1-4-15(7-8-16)10-14-9-13(12(3)17)6-5-11(14)2/h6,9,11,16H,4-5,7-8,10H2,1-3H3. The second kappa shape index (κ2) is 6.72. The highest BCUT2D eigenvalue weighted by Gasteiger charge is 2.17. The van der Waals surface area contributed by atoms with E-state index in [1.165, 1.54) is 5.57 Å². The average Bonchev–Trinajstić information content (AvgIpc) is 2.30. The summed E-state index contributed by atoms with van der Waals surface area (Å²) >= 11 is 0. The fourth-order valence-corrected chi connectivity index (χ4v) is 2.05. The van der Waals surface area contributed by atoms with Gasteiger partial charge in [-0.2, -0.15) is 0 Å². The van der Waals surface area contributed by atoms with Crippen molar-refractivity contribution in [2.75, 3.05) is 26.2 Å². The maximum Gasteiger partial charge on any atom is 0.159 e. The van der Waals surface area contributed by atoms with Crippen LogP contribution in [-0.2, 0) is 4.79 Å². The minimum Gasteiger partial charge on any atom is -0.395 e. The second-order valence-corrected chi connectivity index (χ2v) is 4.66. The largest absolute Gasteiger partial charge is 0.395 e. The van der Waals surface area contributed by atoms with Crippen LogP contribution in [0.4, 0.5) is 0 Å². The second-order valence-electron chi connectivity index (χ2n) is 4.66. The number of aliphatic hydroxyl groups excluding tert-OH is 1. The van der Waals surface area contributed by atoms with E-state index < -0.39 is 0 Å². The molecule has 96 valence electrons. The van der Waals surface area contributed by atoms with Crippen LogP contribution in [0.15, 0.2) is 23.3 Å². The quantitative estimate of drug-likeness (QED) is 0.765. The summed E-state index contributed by atoms with van der Waals surface area (Å²) in [6, 6.07) is 0. The molecule has 3 heteroatoms. The number of rotatable bonds is 6. The molecule has 1 aliphatic rings. The van der Waals surface area contributed by atoms with Crippen LogP contribution in [0.3, 0.4) is 0 Å². The molecular weight excluding hydrogens is 214 g/mol. The first kappa shape index (κ1) is 14.1. The zero-order chi connectivity index (χ0) is 12.8. The van der Waals surface area contributed by atoms with E-state index in [0.717, 1.165) is 25.1 Å². The van der Waals surface area contributed by atoms with E-state index >= 15 is 0 Å². The number of likely N-dealkylation sites (N-methyl/N-ethyl adjacent to an activating group) is 1. The van der Waals surface area contributed by atoms with Crippen molar-refractivity contribution in [3.05, 3.63) is 23.3 Å². The number of Topliss-reactive ketones (excluding diaryl/α,β-unsaturated/α-hetero) is 1. The molecule has 1 aliphatic carbocycles. The smallest absolute Gasteiger partial charge is 0.159 e. The van der Waals surface area contributed by atoms with Crippen LogP contribution in [0.2, 0.25) is 0 Å². The summed E-state index contributed by atoms with van der Waals surface area (Å²) in [5.74, 6) is 0.630. The zero-order valence-corrected chi connectivity index (χ0v) is 11.1. The SMILES string of the molecule is CCN(CCO)CC1=CC(C(C)=O)=CCC1C. The molecule has 0 saturated carbocycles. The fourth-order valence-electron chi connectivity index (χ4n) is 2.05. The lowest BCUT2D eigenvalue weighted by Crippen LogP contribution is -2.30. The third-order valence-electron chi connectivity index (χ3n) is 3.34. The predicted molar refractivity (Wildman–Crippen MR) is 69.8 cm³/mol. The van der Waals surface area contributed by atoms with Crippen molar-refractivity contribution in [3.63, 3.8) is 0 Å². The van der Waals surface area contributed by atoms with Gasteiger partial charge in [0, 0.05) is 18.7 Å². The molecule has 3 nitrogen and oxygen atoms in total. The van der Waals surface area contributed by atoms with Gasteiger partial charge in [0.1, 0.15) is 0 Å². The van der Waals surface area contributed by atoms with Crippen molar-refractivity contribution >= 4 is 5.78 Å². The third kappa shape index (κ3) is 4.10. The van der Waals surface area contributed by atoms with Gasteiger partial charge in [0.05, 0.1) is 6.61 Å². The molecule has 0 aromatic carbocycles. The number of carbonyl (C=O) groups excluding carboxylic acids is 1. The van der Waals surface area contributed by atoms with Crippen LogP contribution in [0.25, 0.3) is 0 Å². The number of hydrogen-bond acceptors (Lipinski definition) is 3. The van der Waals surface area contributed by atoms with E-state index in [1.54, 1.807) is 6.92 Å². The summed E-state index contributed by atoms with van der Waals surface area (Å²) in [5, 5.41) is 8.98. The van der Waals surface area contributed by atoms with E-state index in [-0.39, 0.29) is 12.4 Å². The van der Waals surface area contributed by atoms with Gasteiger partial charge in [-0.3, -0.25) is 9.69 Å². The topological polar surface area (TPSA) is 40.5 Å². The first-order valence-corrected chi connectivity index (χ1v) is 6.33. The number of hydrogen-bond donors (Lipinski definition) is 1. The third-order valence-corrected chi connectivity index (χ3v) is 3.34. The van der Waals surface area contributed by atoms with Gasteiger partial charge in [-0.25, -0.2) is 0 Å². The minimum atomic E-state index is 0.139. The summed E-state index contributed by atoms with van der Waals surface area (Å²) in [5.41, 5.74) is 2.13. The van der Waals surface area contributed by atoms with Crippen LogP contribution in [0.5, 0.6) is 0 Å². The Morgan fingerprint density at radius 1 is 1.59 bits per heavy atom. The highest BCUT2D eigenvalue weighted by Crippen LogP contribution is 2.24. The van der Waals surface area contributed by atoms with E-state index in [0.29, 0.717) is 12.5 Å². The van der Waals surface area contributed by atoms with Crippen LogP contribution in [0.1, 0.15) is 27.2 Å². The van der Waals surface area contributed by atoms with Gasteiger partial charge in [-0.05, 0) is 25.8 Å². The van der Waals surface area contributed by atoms with Crippen molar-refractivity contribution < 1.29 is 9.90 Å². The molecule has 1 rings (SSSR count). The first-order chi connectivity index (χ1) is 8.08. The van der Waals surface area contributed by atoms with E-state index in [4.69, 9.17) is 5.11 Å². The fraction of sp³-hybridized carbons (Fsp3) is 0.643. The van der Waals surface area contributed by atoms with Crippen molar-refractivity contribution in [1.82, 2.24) is 4.90 Å². The molecule has 0 heterocycles. The Morgan fingerprint density at radius 2 is 2.29 bits per heavy atom. The Balaban J connectivity index is 2.73. The van der Waals surface area contributed by atoms with Crippen LogP contribution in [0, 0.1) is 5.92 Å². The molecule has 0 spiro atoms. The molecule has 1 atom stereocenters. The highest BCUT2D eigenvalue weighted by atomic mass is 16.3. The van der Waals surface area contributed by atoms with E-state index in [9.17, 15) is 4.79 Å². The molecule has 0 radical (unpaired) electrons. The Bertz CT molecular complexity index is 331. The van der Waals surface area contributed by atoms with Crippen LogP contribution >= 0.6 is 0 Å². The Kier molecular flexibility index (Phi) is 5.59. The Hall–Kier alpha value is -0.930. The predicted octanol–water partition coefficient (Wildman–Crippen LogP) is 1.78. The summed E-state index contributed by atoms with van der Waals surface area (Å²) in [4.78, 5) is 13.6. The highest BCUT2D eigenvalue weighted by molar-refractivity contribution is 5.96. The maximum atomic E-state index is 11.4. The van der Waals surface area contributed by atoms with Crippen molar-refractivity contribution in [1.29, 1.82) is 0 Å². The summed E-state index contributed by atoms with van der Waals surface area (Å²) in [6.45, 7) is 8.54. The number of ketones is 1. The summed E-state index contributed by atoms with van der Waals surface area (Å²) in [6.07, 6.45) is 4.99. The molecular formula is C14H23NO2. The van der Waals surface area contributed by atoms with Crippen molar-refractivity contribution in [2.45, 2.75) is 27.2 Å². The molecule has 0 fully saturated rings. The molecule has 17 heavy (non-hydrogen) atoms. The first-order valence-electron chi connectivity index (χ1n) is 6.33. The Morgan fingerprint density at radius 3 is 2.82 bits per heavy atom. The zero-order valence-electron chi connectivity index (χ0n) is 11.1. The van der Waals surface area contributed by atoms with Crippen LogP contribution in [-0.4, -0.2) is 42.0 Å². The van der Waals surface area contributed by atoms with Gasteiger partial charge in [-0.1, -0.05) is 31.6 Å². The van der Waals surface area contributed by atoms with Gasteiger partial charge in [0.2, 0.25) is 0 Å². The van der Waals surface area contributed by atoms with Crippen LogP contribution < -0.4 is 0 Å². The average molecular weight is 237 g/mol. The monoisotopic (exact) mass is 237 g/mol. The normalized spacial score (nSPS) is 20.2. The van der Waals surface area contributed by atoms with Gasteiger partial charge in [0.25, 0.3) is 0 Å². The van der Waals surface area contributed by atoms with Gasteiger partial charge in [-0.15, -0.1) is 0 Å². The van der Waals surface area contributed by atoms with E-state index in [1.807, 2.05) is 12.2 Å². The maximum absolute atomic E-state index is 11.4. The molecule has 0 saturated heterocycles. The van der Waals surface area contributed by atoms with Crippen molar-refractivity contribution in [2.24, 2.45) is 5.92 Å². The lowest BCUT2D eigenvalue weighted by atomic mass is 9.88.